The predicted octanol–water partition coefficient (Wildman–Crippen LogP) is 1.85. The predicted molar refractivity (Wildman–Crippen MR) is 137 cm³/mol. The van der Waals surface area contributed by atoms with Crippen molar-refractivity contribution in [3.63, 3.8) is 0 Å². The topological polar surface area (TPSA) is 142 Å². The molecule has 0 aromatic carbocycles. The molecule has 0 aliphatic heterocycles. The van der Waals surface area contributed by atoms with Crippen LogP contribution >= 0.6 is 0 Å². The number of rotatable bonds is 6. The third kappa shape index (κ3) is 4.04. The second-order valence-electron chi connectivity index (χ2n) is 13.4. The van der Waals surface area contributed by atoms with Gasteiger partial charge in [0.25, 0.3) is 0 Å². The number of hydrogen-bond donors (Lipinski definition) is 7. The van der Waals surface area contributed by atoms with Crippen molar-refractivity contribution in [2.45, 2.75) is 109 Å². The zero-order chi connectivity index (χ0) is 26.8. The van der Waals surface area contributed by atoms with Gasteiger partial charge in [-0.25, -0.2) is 0 Å². The van der Waals surface area contributed by atoms with Crippen molar-refractivity contribution in [1.82, 2.24) is 0 Å². The van der Waals surface area contributed by atoms with Crippen molar-refractivity contribution in [3.05, 3.63) is 12.2 Å². The number of aliphatic hydroxyl groups is 7. The van der Waals surface area contributed by atoms with Crippen molar-refractivity contribution in [3.8, 4) is 0 Å². The van der Waals surface area contributed by atoms with Crippen LogP contribution in [0.25, 0.3) is 0 Å². The van der Waals surface area contributed by atoms with E-state index in [1.165, 1.54) is 0 Å². The Balaban J connectivity index is 1.67. The number of fused-ring (bicyclic) bond motifs is 5. The highest BCUT2D eigenvalue weighted by Crippen LogP contribution is 2.69. The lowest BCUT2D eigenvalue weighted by atomic mass is 9.41. The van der Waals surface area contributed by atoms with Crippen LogP contribution in [0.3, 0.4) is 0 Å². The highest BCUT2D eigenvalue weighted by Gasteiger charge is 2.73. The summed E-state index contributed by atoms with van der Waals surface area (Å²) in [6.45, 7) is 10.4. The molecule has 4 aliphatic rings. The fraction of sp³-hybridized carbons (Fsp3) is 0.931. The maximum atomic E-state index is 12.4. The third-order valence-electron chi connectivity index (χ3n) is 11.6. The SMILES string of the molecule is CCC(C=CC(C)C1C(O)C(O)C2C1(C)CCC1C3(C)CCC(O)C(O)C3C(O)CC12O)C(C)CO. The first kappa shape index (κ1) is 28.5. The standard InChI is InChI=1S/C29H50O7/c1-6-17(16(3)14-30)8-7-15(2)21-24(34)25(35)26-28(21,5)12-10-20-27(4)11-9-18(31)23(33)22(27)19(32)13-29(20,26)36/h7-8,15-26,30-36H,6,9-14H2,1-5H3. The summed E-state index contributed by atoms with van der Waals surface area (Å²) in [4.78, 5) is 0. The minimum absolute atomic E-state index is 0.0224. The molecule has 0 heterocycles. The Bertz CT molecular complexity index is 819. The summed E-state index contributed by atoms with van der Waals surface area (Å²) in [5.74, 6) is -1.33. The molecule has 0 spiro atoms. The summed E-state index contributed by atoms with van der Waals surface area (Å²) < 4.78 is 0. The van der Waals surface area contributed by atoms with Gasteiger partial charge in [0, 0.05) is 24.9 Å². The van der Waals surface area contributed by atoms with E-state index in [0.29, 0.717) is 19.3 Å². The zero-order valence-electron chi connectivity index (χ0n) is 22.7. The summed E-state index contributed by atoms with van der Waals surface area (Å²) in [6, 6.07) is 0. The Kier molecular flexibility index (Phi) is 7.82. The van der Waals surface area contributed by atoms with Gasteiger partial charge in [-0.1, -0.05) is 46.8 Å². The van der Waals surface area contributed by atoms with Gasteiger partial charge in [-0.15, -0.1) is 0 Å². The van der Waals surface area contributed by atoms with Gasteiger partial charge in [0.15, 0.2) is 0 Å². The molecule has 0 saturated heterocycles. The molecule has 0 aromatic rings. The van der Waals surface area contributed by atoms with Gasteiger partial charge in [0.05, 0.1) is 36.1 Å². The summed E-state index contributed by atoms with van der Waals surface area (Å²) >= 11 is 0. The first-order chi connectivity index (χ1) is 16.8. The molecule has 36 heavy (non-hydrogen) atoms. The monoisotopic (exact) mass is 510 g/mol. The van der Waals surface area contributed by atoms with Crippen LogP contribution in [0.4, 0.5) is 0 Å². The average molecular weight is 511 g/mol. The molecule has 0 bridgehead atoms. The molecule has 7 N–H and O–H groups in total. The summed E-state index contributed by atoms with van der Waals surface area (Å²) in [7, 11) is 0. The van der Waals surface area contributed by atoms with E-state index >= 15 is 0 Å². The van der Waals surface area contributed by atoms with Crippen LogP contribution in [0.5, 0.6) is 0 Å². The lowest BCUT2D eigenvalue weighted by molar-refractivity contribution is -0.280. The second kappa shape index (κ2) is 9.89. The van der Waals surface area contributed by atoms with E-state index in [0.717, 1.165) is 12.8 Å². The molecule has 208 valence electrons. The van der Waals surface area contributed by atoms with E-state index < -0.39 is 58.8 Å². The Morgan fingerprint density at radius 3 is 2.11 bits per heavy atom. The highest BCUT2D eigenvalue weighted by atomic mass is 16.3. The molecule has 7 heteroatoms. The highest BCUT2D eigenvalue weighted by molar-refractivity contribution is 5.23. The number of allylic oxidation sites excluding steroid dienone is 2. The molecule has 15 atom stereocenters. The van der Waals surface area contributed by atoms with Crippen molar-refractivity contribution in [1.29, 1.82) is 0 Å². The van der Waals surface area contributed by atoms with Crippen LogP contribution in [0.1, 0.15) is 73.1 Å². The van der Waals surface area contributed by atoms with Crippen LogP contribution in [0, 0.1) is 52.3 Å². The van der Waals surface area contributed by atoms with Gasteiger partial charge in [-0.2, -0.15) is 0 Å². The van der Waals surface area contributed by atoms with Crippen LogP contribution in [0.15, 0.2) is 12.2 Å². The maximum Gasteiger partial charge on any atom is 0.0863 e. The van der Waals surface area contributed by atoms with Gasteiger partial charge in [0.1, 0.15) is 0 Å². The van der Waals surface area contributed by atoms with E-state index in [4.69, 9.17) is 0 Å². The zero-order valence-corrected chi connectivity index (χ0v) is 22.7. The Morgan fingerprint density at radius 1 is 0.861 bits per heavy atom. The molecule has 15 unspecified atom stereocenters. The Labute approximate surface area is 216 Å². The summed E-state index contributed by atoms with van der Waals surface area (Å²) in [6.07, 6.45) is 2.53. The van der Waals surface area contributed by atoms with Gasteiger partial charge in [0.2, 0.25) is 0 Å². The minimum Gasteiger partial charge on any atom is -0.396 e. The molecule has 4 aliphatic carbocycles. The molecule has 4 saturated carbocycles. The molecule has 0 radical (unpaired) electrons. The molecular formula is C29H50O7. The van der Waals surface area contributed by atoms with E-state index in [2.05, 4.69) is 32.9 Å². The van der Waals surface area contributed by atoms with Crippen molar-refractivity contribution in [2.75, 3.05) is 6.61 Å². The first-order valence-electron chi connectivity index (χ1n) is 14.2. The smallest absolute Gasteiger partial charge is 0.0863 e. The van der Waals surface area contributed by atoms with Crippen molar-refractivity contribution < 1.29 is 35.7 Å². The van der Waals surface area contributed by atoms with Crippen LogP contribution in [0.2, 0.25) is 0 Å². The van der Waals surface area contributed by atoms with Crippen molar-refractivity contribution in [2.24, 2.45) is 52.3 Å². The van der Waals surface area contributed by atoms with E-state index in [-0.39, 0.29) is 42.6 Å². The van der Waals surface area contributed by atoms with Crippen LogP contribution in [-0.2, 0) is 0 Å². The molecule has 0 amide bonds. The van der Waals surface area contributed by atoms with Crippen molar-refractivity contribution >= 4 is 0 Å². The lowest BCUT2D eigenvalue weighted by Crippen LogP contribution is -2.71. The number of aliphatic hydroxyl groups excluding tert-OH is 6. The minimum atomic E-state index is -1.38. The van der Waals surface area contributed by atoms with Crippen LogP contribution < -0.4 is 0 Å². The second-order valence-corrected chi connectivity index (χ2v) is 13.4. The molecular weight excluding hydrogens is 460 g/mol. The molecule has 4 fully saturated rings. The van der Waals surface area contributed by atoms with Gasteiger partial charge in [-0.3, -0.25) is 0 Å². The maximum absolute atomic E-state index is 12.4. The Hall–Kier alpha value is -0.540. The summed E-state index contributed by atoms with van der Waals surface area (Å²) in [5, 5.41) is 77.2. The van der Waals surface area contributed by atoms with E-state index in [9.17, 15) is 35.7 Å². The van der Waals surface area contributed by atoms with Gasteiger partial charge < -0.3 is 35.7 Å². The third-order valence-corrected chi connectivity index (χ3v) is 11.6. The fourth-order valence-electron chi connectivity index (χ4n) is 9.85. The van der Waals surface area contributed by atoms with E-state index in [1.807, 2.05) is 13.8 Å². The number of hydrogen-bond acceptors (Lipinski definition) is 7. The van der Waals surface area contributed by atoms with Crippen LogP contribution in [-0.4, -0.2) is 78.5 Å². The average Bonchev–Trinajstić information content (AvgIpc) is 3.02. The molecule has 4 rings (SSSR count). The van der Waals surface area contributed by atoms with Gasteiger partial charge >= 0.3 is 0 Å². The molecule has 7 nitrogen and oxygen atoms in total. The Morgan fingerprint density at radius 2 is 1.50 bits per heavy atom. The first-order valence-corrected chi connectivity index (χ1v) is 14.2. The fourth-order valence-corrected chi connectivity index (χ4v) is 9.85. The normalized spacial score (nSPS) is 53.4. The molecule has 0 aromatic heterocycles. The quantitative estimate of drug-likeness (QED) is 0.270. The largest absolute Gasteiger partial charge is 0.396 e. The summed E-state index contributed by atoms with van der Waals surface area (Å²) in [5.41, 5.74) is -2.49. The van der Waals surface area contributed by atoms with Gasteiger partial charge in [-0.05, 0) is 72.5 Å². The lowest BCUT2D eigenvalue weighted by Gasteiger charge is -2.66. The van der Waals surface area contributed by atoms with E-state index in [1.54, 1.807) is 0 Å².